The van der Waals surface area contributed by atoms with Crippen molar-refractivity contribution in [2.45, 2.75) is 258 Å². The van der Waals surface area contributed by atoms with Crippen molar-refractivity contribution in [3.63, 3.8) is 0 Å². The van der Waals surface area contributed by atoms with E-state index < -0.39 is 6.10 Å². The zero-order chi connectivity index (χ0) is 47.2. The van der Waals surface area contributed by atoms with E-state index in [0.717, 1.165) is 109 Å². The molecule has 0 rings (SSSR count). The topological polar surface area (TPSA) is 78.9 Å². The number of hydrogen-bond donors (Lipinski definition) is 0. The second-order valence-electron chi connectivity index (χ2n) is 17.8. The van der Waals surface area contributed by atoms with Crippen LogP contribution < -0.4 is 0 Å². The highest BCUT2D eigenvalue weighted by atomic mass is 16.6. The van der Waals surface area contributed by atoms with Gasteiger partial charge in [0.25, 0.3) is 0 Å². The first-order valence-electron chi connectivity index (χ1n) is 27.1. The van der Waals surface area contributed by atoms with Crippen molar-refractivity contribution in [1.82, 2.24) is 0 Å². The summed E-state index contributed by atoms with van der Waals surface area (Å²) < 4.78 is 16.8. The van der Waals surface area contributed by atoms with Crippen LogP contribution in [0.5, 0.6) is 0 Å². The summed E-state index contributed by atoms with van der Waals surface area (Å²) >= 11 is 0. The average Bonchev–Trinajstić information content (AvgIpc) is 3.30. The first-order chi connectivity index (χ1) is 32.0. The van der Waals surface area contributed by atoms with Crippen molar-refractivity contribution in [2.75, 3.05) is 13.2 Å². The molecule has 0 aromatic carbocycles. The van der Waals surface area contributed by atoms with Crippen LogP contribution in [0.2, 0.25) is 0 Å². The van der Waals surface area contributed by atoms with Crippen LogP contribution in [0.25, 0.3) is 0 Å². The molecule has 0 aromatic rings. The van der Waals surface area contributed by atoms with Gasteiger partial charge in [-0.25, -0.2) is 0 Å². The predicted octanol–water partition coefficient (Wildman–Crippen LogP) is 18.0. The lowest BCUT2D eigenvalue weighted by atomic mass is 10.1. The van der Waals surface area contributed by atoms with Gasteiger partial charge in [0.1, 0.15) is 13.2 Å². The van der Waals surface area contributed by atoms with Crippen LogP contribution in [-0.4, -0.2) is 37.2 Å². The maximum atomic E-state index is 12.8. The number of hydrogen-bond acceptors (Lipinski definition) is 6. The summed E-state index contributed by atoms with van der Waals surface area (Å²) in [5.74, 6) is -0.971. The molecule has 0 aliphatic carbocycles. The number of carbonyl (C=O) groups excluding carboxylic acids is 3. The smallest absolute Gasteiger partial charge is 0.306 e. The van der Waals surface area contributed by atoms with E-state index in [0.29, 0.717) is 19.3 Å². The molecule has 0 fully saturated rings. The van der Waals surface area contributed by atoms with Crippen LogP contribution >= 0.6 is 0 Å². The van der Waals surface area contributed by atoms with Gasteiger partial charge in [0.05, 0.1) is 0 Å². The molecule has 0 N–H and O–H groups in total. The molecule has 0 unspecified atom stereocenters. The van der Waals surface area contributed by atoms with E-state index in [-0.39, 0.29) is 31.1 Å². The first-order valence-corrected chi connectivity index (χ1v) is 27.1. The van der Waals surface area contributed by atoms with E-state index in [1.807, 2.05) is 0 Å². The molecule has 0 spiro atoms. The summed E-state index contributed by atoms with van der Waals surface area (Å²) in [4.78, 5) is 38.0. The fourth-order valence-electron chi connectivity index (χ4n) is 7.21. The molecule has 1 atom stereocenters. The van der Waals surface area contributed by atoms with Gasteiger partial charge in [-0.1, -0.05) is 196 Å². The van der Waals surface area contributed by atoms with Gasteiger partial charge in [-0.15, -0.1) is 0 Å². The van der Waals surface area contributed by atoms with Crippen molar-refractivity contribution in [3.8, 4) is 0 Å². The molecule has 65 heavy (non-hydrogen) atoms. The van der Waals surface area contributed by atoms with Gasteiger partial charge in [-0.3, -0.25) is 14.4 Å². The molecular weight excluding hydrogens is 805 g/mol. The molecule has 0 bridgehead atoms. The maximum absolute atomic E-state index is 12.8. The van der Waals surface area contributed by atoms with E-state index >= 15 is 0 Å². The third kappa shape index (κ3) is 51.4. The van der Waals surface area contributed by atoms with Crippen LogP contribution in [0.15, 0.2) is 85.1 Å². The van der Waals surface area contributed by atoms with E-state index in [1.165, 1.54) is 103 Å². The average molecular weight is 905 g/mol. The van der Waals surface area contributed by atoms with Crippen LogP contribution in [0.1, 0.15) is 252 Å². The fraction of sp³-hybridized carbons (Fsp3) is 0.712. The van der Waals surface area contributed by atoms with Gasteiger partial charge in [0.2, 0.25) is 0 Å². The summed E-state index contributed by atoms with van der Waals surface area (Å²) in [7, 11) is 0. The van der Waals surface area contributed by atoms with Crippen LogP contribution in [-0.2, 0) is 28.6 Å². The molecule has 0 saturated carbocycles. The van der Waals surface area contributed by atoms with Gasteiger partial charge in [0.15, 0.2) is 6.10 Å². The Balaban J connectivity index is 4.51. The number of esters is 3. The van der Waals surface area contributed by atoms with Crippen molar-refractivity contribution in [1.29, 1.82) is 0 Å². The van der Waals surface area contributed by atoms with Crippen LogP contribution in [0.3, 0.4) is 0 Å². The molecule has 0 heterocycles. The lowest BCUT2D eigenvalue weighted by Gasteiger charge is -2.18. The molecule has 0 saturated heterocycles. The number of carbonyl (C=O) groups is 3. The molecule has 0 aliphatic rings. The predicted molar refractivity (Wildman–Crippen MR) is 279 cm³/mol. The maximum Gasteiger partial charge on any atom is 0.306 e. The quantitative estimate of drug-likeness (QED) is 0.0262. The van der Waals surface area contributed by atoms with Gasteiger partial charge in [-0.2, -0.15) is 0 Å². The SMILES string of the molecule is CCCCC/C=C\C/C=C\C/C=C\CCCCCCC(=O)O[C@H](COC(=O)CCCC/C=C\C/C=C\C/C=C\CCCCC)COC(=O)CCCCCCC/C=C\CCCCCCCC. The molecule has 0 aromatic heterocycles. The minimum Gasteiger partial charge on any atom is -0.462 e. The highest BCUT2D eigenvalue weighted by molar-refractivity contribution is 5.71. The Bertz CT molecular complexity index is 1270. The Labute approximate surface area is 401 Å². The number of ether oxygens (including phenoxy) is 3. The second-order valence-corrected chi connectivity index (χ2v) is 17.8. The summed E-state index contributed by atoms with van der Waals surface area (Å²) in [5.41, 5.74) is 0. The van der Waals surface area contributed by atoms with Gasteiger partial charge in [0, 0.05) is 19.3 Å². The summed E-state index contributed by atoms with van der Waals surface area (Å²) in [6, 6.07) is 0. The lowest BCUT2D eigenvalue weighted by molar-refractivity contribution is -0.167. The van der Waals surface area contributed by atoms with Gasteiger partial charge < -0.3 is 14.2 Å². The molecule has 0 radical (unpaired) electrons. The van der Waals surface area contributed by atoms with E-state index in [1.54, 1.807) is 0 Å². The number of unbranched alkanes of at least 4 members (excludes halogenated alkanes) is 23. The summed E-state index contributed by atoms with van der Waals surface area (Å²) in [6.45, 7) is 6.52. The Morgan fingerprint density at radius 3 is 0.938 bits per heavy atom. The van der Waals surface area contributed by atoms with Crippen molar-refractivity contribution >= 4 is 17.9 Å². The normalized spacial score (nSPS) is 12.7. The minimum atomic E-state index is -0.807. The highest BCUT2D eigenvalue weighted by Gasteiger charge is 2.19. The van der Waals surface area contributed by atoms with Crippen molar-refractivity contribution in [3.05, 3.63) is 85.1 Å². The highest BCUT2D eigenvalue weighted by Crippen LogP contribution is 2.13. The number of allylic oxidation sites excluding steroid dienone is 14. The van der Waals surface area contributed by atoms with Gasteiger partial charge >= 0.3 is 17.9 Å². The Kier molecular flexibility index (Phi) is 50.4. The van der Waals surface area contributed by atoms with E-state index in [4.69, 9.17) is 14.2 Å². The molecular formula is C59H100O6. The summed E-state index contributed by atoms with van der Waals surface area (Å²) in [6.07, 6.45) is 68.5. The molecule has 0 amide bonds. The van der Waals surface area contributed by atoms with E-state index in [2.05, 4.69) is 106 Å². The fourth-order valence-corrected chi connectivity index (χ4v) is 7.21. The zero-order valence-electron chi connectivity index (χ0n) is 42.5. The first kappa shape index (κ1) is 61.6. The minimum absolute atomic E-state index is 0.102. The van der Waals surface area contributed by atoms with Crippen LogP contribution in [0.4, 0.5) is 0 Å². The third-order valence-corrected chi connectivity index (χ3v) is 11.3. The molecule has 0 aliphatic heterocycles. The van der Waals surface area contributed by atoms with Crippen molar-refractivity contribution in [2.24, 2.45) is 0 Å². The molecule has 6 nitrogen and oxygen atoms in total. The Morgan fingerprint density at radius 1 is 0.308 bits per heavy atom. The van der Waals surface area contributed by atoms with Gasteiger partial charge in [-0.05, 0) is 122 Å². The Morgan fingerprint density at radius 2 is 0.554 bits per heavy atom. The monoisotopic (exact) mass is 905 g/mol. The standard InChI is InChI=1S/C59H100O6/c1-4-7-10-13-16-19-22-25-28-29-32-35-38-41-44-47-50-53-59(62)65-56(54-63-57(60)51-48-45-42-39-36-33-30-26-23-20-17-14-11-8-5-2)55-64-58(61)52-49-46-43-40-37-34-31-27-24-21-18-15-12-9-6-3/h16-17,19-20,25-28,30-32,35-36,39,56H,4-15,18,21-24,29,33-34,37-38,40-55H2,1-3H3/b19-16-,20-17-,28-25-,30-26-,31-27-,35-32-,39-36-/t56-/m1/s1. The van der Waals surface area contributed by atoms with Crippen LogP contribution in [0, 0.1) is 0 Å². The number of rotatable bonds is 48. The Hall–Kier alpha value is -3.41. The van der Waals surface area contributed by atoms with Crippen molar-refractivity contribution < 1.29 is 28.6 Å². The second kappa shape index (κ2) is 53.2. The van der Waals surface area contributed by atoms with E-state index in [9.17, 15) is 14.4 Å². The summed E-state index contributed by atoms with van der Waals surface area (Å²) in [5, 5.41) is 0. The third-order valence-electron chi connectivity index (χ3n) is 11.3. The molecule has 6 heteroatoms. The molecule has 372 valence electrons. The largest absolute Gasteiger partial charge is 0.462 e. The zero-order valence-corrected chi connectivity index (χ0v) is 42.5. The lowest BCUT2D eigenvalue weighted by Crippen LogP contribution is -2.30.